The minimum Gasteiger partial charge on any atom is -0.503 e. The van der Waals surface area contributed by atoms with Crippen molar-refractivity contribution in [3.63, 3.8) is 0 Å². The van der Waals surface area contributed by atoms with Gasteiger partial charge in [0.15, 0.2) is 5.65 Å². The number of benzene rings is 4. The van der Waals surface area contributed by atoms with E-state index in [2.05, 4.69) is 97.2 Å². The van der Waals surface area contributed by atoms with Gasteiger partial charge in [-0.05, 0) is 42.2 Å². The van der Waals surface area contributed by atoms with Crippen LogP contribution in [0.3, 0.4) is 0 Å². The molecule has 1 aliphatic rings. The van der Waals surface area contributed by atoms with Crippen LogP contribution in [0, 0.1) is 19.2 Å². The molecule has 0 fully saturated rings. The van der Waals surface area contributed by atoms with Crippen molar-refractivity contribution in [2.45, 2.75) is 29.1 Å². The standard InChI is InChI=1S/C38H27N3OS.Pd/c1-38(2)31-16-4-5-18-34(31)43-36-32(38)20-19-29-30-15-10-22-40(3)37(30)41(35(29)36)26-12-9-14-28(24-26)42-27-13-8-11-25(23-27)33-17-6-7-21-39-33;/h4-22H,3H2,1-2H3;/q-2;. The van der Waals surface area contributed by atoms with E-state index in [0.29, 0.717) is 11.5 Å². The summed E-state index contributed by atoms with van der Waals surface area (Å²) in [5.41, 5.74) is 7.29. The van der Waals surface area contributed by atoms with E-state index in [4.69, 9.17) is 4.74 Å². The second-order valence-corrected chi connectivity index (χ2v) is 12.3. The zero-order valence-corrected chi connectivity index (χ0v) is 26.5. The van der Waals surface area contributed by atoms with Gasteiger partial charge in [0.1, 0.15) is 5.52 Å². The van der Waals surface area contributed by atoms with Crippen molar-refractivity contribution < 1.29 is 29.7 Å². The molecule has 44 heavy (non-hydrogen) atoms. The number of ether oxygens (including phenoxy) is 1. The Bertz CT molecular complexity index is 2190. The molecule has 0 spiro atoms. The maximum atomic E-state index is 6.35. The molecule has 0 saturated heterocycles. The van der Waals surface area contributed by atoms with E-state index in [-0.39, 0.29) is 25.8 Å². The van der Waals surface area contributed by atoms with Crippen LogP contribution in [-0.2, 0) is 25.8 Å². The Balaban J connectivity index is 0.00000312. The smallest absolute Gasteiger partial charge is 0.190 e. The van der Waals surface area contributed by atoms with Gasteiger partial charge in [-0.2, -0.15) is 6.07 Å². The van der Waals surface area contributed by atoms with Crippen molar-refractivity contribution in [2.75, 3.05) is 0 Å². The number of aromatic nitrogens is 3. The van der Waals surface area contributed by atoms with Gasteiger partial charge in [-0.25, -0.2) is 0 Å². The summed E-state index contributed by atoms with van der Waals surface area (Å²) >= 11 is 1.84. The normalized spacial score (nSPS) is 13.2. The molecule has 6 heteroatoms. The molecule has 0 N–H and O–H groups in total. The maximum absolute atomic E-state index is 6.35. The SMILES string of the molecule is [CH2-][n+]1cccc2c3ccc4c(c3n(-c3[c-]c(Oc5[c-]c(-c6ccccn6)ccc5)ccc3)c21)Sc1ccccc1C4(C)C.[Pd]. The largest absolute Gasteiger partial charge is 0.503 e. The van der Waals surface area contributed by atoms with Gasteiger partial charge in [0.05, 0.1) is 4.90 Å². The summed E-state index contributed by atoms with van der Waals surface area (Å²) in [6.45, 7) is 4.64. The van der Waals surface area contributed by atoms with Crippen molar-refractivity contribution >= 4 is 33.7 Å². The number of hydrogen-bond acceptors (Lipinski definition) is 3. The Morgan fingerprint density at radius 1 is 0.795 bits per heavy atom. The van der Waals surface area contributed by atoms with Crippen LogP contribution in [-0.4, -0.2) is 9.55 Å². The number of pyridine rings is 2. The zero-order valence-electron chi connectivity index (χ0n) is 24.2. The predicted molar refractivity (Wildman–Crippen MR) is 172 cm³/mol. The van der Waals surface area contributed by atoms with E-state index in [0.717, 1.165) is 33.5 Å². The van der Waals surface area contributed by atoms with E-state index in [1.165, 1.54) is 26.3 Å². The van der Waals surface area contributed by atoms with E-state index in [9.17, 15) is 0 Å². The molecule has 4 heterocycles. The molecular weight excluding hydrogens is 653 g/mol. The topological polar surface area (TPSA) is 30.9 Å². The molecule has 1 aliphatic heterocycles. The van der Waals surface area contributed by atoms with Crippen molar-refractivity contribution in [1.29, 1.82) is 0 Å². The Hall–Kier alpha value is -4.34. The molecule has 0 bridgehead atoms. The van der Waals surface area contributed by atoms with E-state index < -0.39 is 0 Å². The number of hydrogen-bond donors (Lipinski definition) is 0. The average molecular weight is 680 g/mol. The van der Waals surface area contributed by atoms with E-state index >= 15 is 0 Å². The summed E-state index contributed by atoms with van der Waals surface area (Å²) in [6.07, 6.45) is 3.78. The fraction of sp³-hybridized carbons (Fsp3) is 0.0789. The first-order valence-electron chi connectivity index (χ1n) is 14.2. The first kappa shape index (κ1) is 28.4. The molecule has 0 unspecified atom stereocenters. The summed E-state index contributed by atoms with van der Waals surface area (Å²) in [5, 5.41) is 2.33. The van der Waals surface area contributed by atoms with Gasteiger partial charge in [0, 0.05) is 64.9 Å². The quantitative estimate of drug-likeness (QED) is 0.106. The van der Waals surface area contributed by atoms with Crippen LogP contribution in [0.4, 0.5) is 0 Å². The van der Waals surface area contributed by atoms with Crippen molar-refractivity contribution in [2.24, 2.45) is 0 Å². The van der Waals surface area contributed by atoms with Crippen molar-refractivity contribution in [1.82, 2.24) is 9.55 Å². The van der Waals surface area contributed by atoms with Gasteiger partial charge >= 0.3 is 0 Å². The molecular formula is C38H27N3OPdS-2. The first-order chi connectivity index (χ1) is 21.0. The molecule has 4 aromatic carbocycles. The Morgan fingerprint density at radius 3 is 2.43 bits per heavy atom. The van der Waals surface area contributed by atoms with Gasteiger partial charge in [-0.15, -0.1) is 35.9 Å². The van der Waals surface area contributed by atoms with Crippen LogP contribution in [0.25, 0.3) is 38.9 Å². The molecule has 4 nitrogen and oxygen atoms in total. The number of nitrogens with zero attached hydrogens (tertiary/aromatic N) is 3. The maximum Gasteiger partial charge on any atom is 0.190 e. The zero-order chi connectivity index (χ0) is 29.1. The second kappa shape index (κ2) is 11.0. The van der Waals surface area contributed by atoms with Gasteiger partial charge in [-0.1, -0.05) is 92.3 Å². The first-order valence-corrected chi connectivity index (χ1v) is 15.1. The second-order valence-electron chi connectivity index (χ2n) is 11.3. The monoisotopic (exact) mass is 679 g/mol. The fourth-order valence-electron chi connectivity index (χ4n) is 6.20. The molecule has 0 radical (unpaired) electrons. The molecule has 3 aromatic heterocycles. The molecule has 0 amide bonds. The van der Waals surface area contributed by atoms with Crippen LogP contribution in [0.2, 0.25) is 0 Å². The number of fused-ring (bicyclic) bond motifs is 6. The molecule has 218 valence electrons. The van der Waals surface area contributed by atoms with Crippen LogP contribution in [0.15, 0.2) is 125 Å². The Labute approximate surface area is 275 Å². The third-order valence-electron chi connectivity index (χ3n) is 8.27. The minimum absolute atomic E-state index is 0. The number of rotatable bonds is 4. The van der Waals surface area contributed by atoms with Crippen molar-refractivity contribution in [3.05, 3.63) is 146 Å². The Morgan fingerprint density at radius 2 is 1.59 bits per heavy atom. The Kier molecular flexibility index (Phi) is 7.10. The summed E-state index contributed by atoms with van der Waals surface area (Å²) in [6, 6.07) is 42.2. The van der Waals surface area contributed by atoms with E-state index in [1.54, 1.807) is 6.20 Å². The molecule has 0 atom stereocenters. The van der Waals surface area contributed by atoms with E-state index in [1.807, 2.05) is 71.1 Å². The molecule has 7 aromatic rings. The summed E-state index contributed by atoms with van der Waals surface area (Å²) in [4.78, 5) is 7.01. The summed E-state index contributed by atoms with van der Waals surface area (Å²) in [5.74, 6) is 1.22. The average Bonchev–Trinajstić information content (AvgIpc) is 3.38. The van der Waals surface area contributed by atoms with Crippen molar-refractivity contribution in [3.8, 4) is 28.4 Å². The van der Waals surface area contributed by atoms with Gasteiger partial charge in [0.2, 0.25) is 0 Å². The van der Waals surface area contributed by atoms with Crippen LogP contribution in [0.5, 0.6) is 11.5 Å². The van der Waals surface area contributed by atoms with Crippen LogP contribution in [0.1, 0.15) is 25.0 Å². The fourth-order valence-corrected chi connectivity index (χ4v) is 7.73. The third-order valence-corrected chi connectivity index (χ3v) is 9.46. The van der Waals surface area contributed by atoms with Gasteiger partial charge in [0.25, 0.3) is 0 Å². The van der Waals surface area contributed by atoms with Crippen LogP contribution < -0.4 is 9.30 Å². The predicted octanol–water partition coefficient (Wildman–Crippen LogP) is 8.95. The van der Waals surface area contributed by atoms with Gasteiger partial charge in [-0.3, -0.25) is 4.57 Å². The minimum atomic E-state index is -0.143. The molecule has 8 rings (SSSR count). The van der Waals surface area contributed by atoms with Crippen LogP contribution >= 0.6 is 11.8 Å². The molecule has 0 aliphatic carbocycles. The summed E-state index contributed by atoms with van der Waals surface area (Å²) in [7, 11) is 4.37. The summed E-state index contributed by atoms with van der Waals surface area (Å²) < 4.78 is 10.6. The van der Waals surface area contributed by atoms with Gasteiger partial charge < -0.3 is 14.3 Å². The third kappa shape index (κ3) is 4.53. The molecule has 0 saturated carbocycles.